The van der Waals surface area contributed by atoms with Crippen molar-refractivity contribution in [3.63, 3.8) is 0 Å². The maximum absolute atomic E-state index is 12.8. The molecule has 7 nitrogen and oxygen atoms in total. The third-order valence-corrected chi connectivity index (χ3v) is 4.97. The number of benzene rings is 1. The molecule has 0 aliphatic carbocycles. The van der Waals surface area contributed by atoms with Crippen LogP contribution in [0.5, 0.6) is 0 Å². The Balaban J connectivity index is 1.60. The van der Waals surface area contributed by atoms with Crippen LogP contribution in [-0.4, -0.2) is 58.0 Å². The second-order valence-electron chi connectivity index (χ2n) is 8.51. The summed E-state index contributed by atoms with van der Waals surface area (Å²) in [7, 11) is 0. The van der Waals surface area contributed by atoms with Gasteiger partial charge in [-0.05, 0) is 23.1 Å². The predicted molar refractivity (Wildman–Crippen MR) is 105 cm³/mol. The molecule has 0 N–H and O–H groups in total. The summed E-state index contributed by atoms with van der Waals surface area (Å²) in [6.45, 7) is 12.2. The van der Waals surface area contributed by atoms with Crippen LogP contribution in [0.25, 0.3) is 0 Å². The van der Waals surface area contributed by atoms with E-state index in [9.17, 15) is 9.59 Å². The zero-order valence-corrected chi connectivity index (χ0v) is 17.2. The van der Waals surface area contributed by atoms with Crippen LogP contribution in [0.2, 0.25) is 0 Å². The number of hydrogen-bond donors (Lipinski definition) is 0. The first kappa shape index (κ1) is 20.0. The van der Waals surface area contributed by atoms with Crippen LogP contribution in [0.3, 0.4) is 0 Å². The summed E-state index contributed by atoms with van der Waals surface area (Å²) in [5.41, 5.74) is 1.92. The number of rotatable bonds is 3. The van der Waals surface area contributed by atoms with E-state index in [1.54, 1.807) is 9.80 Å². The van der Waals surface area contributed by atoms with E-state index in [1.165, 1.54) is 5.56 Å². The molecule has 0 radical (unpaired) electrons. The number of piperazine rings is 1. The molecule has 2 amide bonds. The van der Waals surface area contributed by atoms with Gasteiger partial charge in [-0.2, -0.15) is 0 Å². The zero-order chi connectivity index (χ0) is 20.5. The summed E-state index contributed by atoms with van der Waals surface area (Å²) < 4.78 is 5.45. The predicted octanol–water partition coefficient (Wildman–Crippen LogP) is 3.09. The van der Waals surface area contributed by atoms with Crippen molar-refractivity contribution in [1.82, 2.24) is 20.0 Å². The lowest BCUT2D eigenvalue weighted by atomic mass is 9.86. The van der Waals surface area contributed by atoms with Gasteiger partial charge in [-0.25, -0.2) is 0 Å². The average molecular weight is 384 g/mol. The van der Waals surface area contributed by atoms with Crippen LogP contribution in [-0.2, 0) is 5.41 Å². The van der Waals surface area contributed by atoms with E-state index >= 15 is 0 Å². The van der Waals surface area contributed by atoms with Gasteiger partial charge in [-0.1, -0.05) is 46.8 Å². The van der Waals surface area contributed by atoms with Gasteiger partial charge in [0.2, 0.25) is 5.89 Å². The Labute approximate surface area is 165 Å². The fourth-order valence-corrected chi connectivity index (χ4v) is 3.10. The Morgan fingerprint density at radius 2 is 1.46 bits per heavy atom. The zero-order valence-electron chi connectivity index (χ0n) is 17.2. The Bertz CT molecular complexity index is 841. The van der Waals surface area contributed by atoms with Crippen molar-refractivity contribution in [3.05, 3.63) is 47.2 Å². The van der Waals surface area contributed by atoms with Crippen molar-refractivity contribution in [2.24, 2.45) is 0 Å². The molecule has 0 saturated carbocycles. The molecular formula is C21H28N4O3. The van der Waals surface area contributed by atoms with Gasteiger partial charge in [0.25, 0.3) is 5.91 Å². The molecule has 1 aliphatic rings. The Kier molecular flexibility index (Phi) is 5.54. The van der Waals surface area contributed by atoms with Crippen LogP contribution in [0.4, 0.5) is 0 Å². The third-order valence-electron chi connectivity index (χ3n) is 4.97. The molecule has 2 aromatic rings. The van der Waals surface area contributed by atoms with E-state index in [4.69, 9.17) is 4.42 Å². The molecule has 7 heteroatoms. The molecule has 150 valence electrons. The minimum absolute atomic E-state index is 0.00700. The van der Waals surface area contributed by atoms with Gasteiger partial charge in [-0.3, -0.25) is 9.59 Å². The fraction of sp³-hybridized carbons (Fsp3) is 0.524. The van der Waals surface area contributed by atoms with Gasteiger partial charge >= 0.3 is 11.8 Å². The Morgan fingerprint density at radius 1 is 0.929 bits per heavy atom. The first-order chi connectivity index (χ1) is 13.2. The molecule has 2 heterocycles. The fourth-order valence-electron chi connectivity index (χ4n) is 3.10. The van der Waals surface area contributed by atoms with Crippen molar-refractivity contribution in [2.45, 2.75) is 46.0 Å². The lowest BCUT2D eigenvalue weighted by molar-refractivity contribution is 0.0512. The molecule has 1 fully saturated rings. The normalized spacial score (nSPS) is 15.2. The highest BCUT2D eigenvalue weighted by Crippen LogP contribution is 2.23. The summed E-state index contributed by atoms with van der Waals surface area (Å²) in [6, 6.07) is 7.78. The van der Waals surface area contributed by atoms with Crippen molar-refractivity contribution in [3.8, 4) is 0 Å². The van der Waals surface area contributed by atoms with E-state index in [0.717, 1.165) is 0 Å². The van der Waals surface area contributed by atoms with E-state index in [1.807, 2.05) is 38.1 Å². The van der Waals surface area contributed by atoms with Gasteiger partial charge in [-0.15, -0.1) is 10.2 Å². The molecule has 1 aromatic heterocycles. The van der Waals surface area contributed by atoms with Crippen molar-refractivity contribution < 1.29 is 14.0 Å². The molecule has 28 heavy (non-hydrogen) atoms. The van der Waals surface area contributed by atoms with Crippen LogP contribution in [0, 0.1) is 0 Å². The summed E-state index contributed by atoms with van der Waals surface area (Å²) in [4.78, 5) is 28.7. The quantitative estimate of drug-likeness (QED) is 0.812. The SMILES string of the molecule is CC(C)c1nnc(C(=O)N2CCN(C(=O)c3ccc(C(C)(C)C)cc3)CC2)o1. The molecule has 1 aliphatic heterocycles. The first-order valence-electron chi connectivity index (χ1n) is 9.69. The summed E-state index contributed by atoms with van der Waals surface area (Å²) >= 11 is 0. The average Bonchev–Trinajstić information content (AvgIpc) is 3.17. The number of carbonyl (C=O) groups is 2. The minimum Gasteiger partial charge on any atom is -0.417 e. The van der Waals surface area contributed by atoms with Crippen LogP contribution in [0.1, 0.15) is 73.0 Å². The summed E-state index contributed by atoms with van der Waals surface area (Å²) in [5.74, 6) is 0.263. The molecule has 0 atom stereocenters. The summed E-state index contributed by atoms with van der Waals surface area (Å²) in [6.07, 6.45) is 0. The molecule has 3 rings (SSSR count). The van der Waals surface area contributed by atoms with Gasteiger partial charge in [0.15, 0.2) is 0 Å². The minimum atomic E-state index is -0.277. The molecule has 0 bridgehead atoms. The monoisotopic (exact) mass is 384 g/mol. The van der Waals surface area contributed by atoms with E-state index < -0.39 is 0 Å². The number of amides is 2. The van der Waals surface area contributed by atoms with Gasteiger partial charge < -0.3 is 14.2 Å². The lowest BCUT2D eigenvalue weighted by Gasteiger charge is -2.34. The first-order valence-corrected chi connectivity index (χ1v) is 9.69. The maximum atomic E-state index is 12.8. The van der Waals surface area contributed by atoms with Crippen LogP contribution < -0.4 is 0 Å². The highest BCUT2D eigenvalue weighted by molar-refractivity contribution is 5.94. The number of carbonyl (C=O) groups excluding carboxylic acids is 2. The topological polar surface area (TPSA) is 79.5 Å². The molecule has 1 aromatic carbocycles. The van der Waals surface area contributed by atoms with Crippen molar-refractivity contribution in [1.29, 1.82) is 0 Å². The second kappa shape index (κ2) is 7.73. The maximum Gasteiger partial charge on any atom is 0.311 e. The van der Waals surface area contributed by atoms with Crippen LogP contribution in [0.15, 0.2) is 28.7 Å². The summed E-state index contributed by atoms with van der Waals surface area (Å²) in [5, 5.41) is 7.76. The highest BCUT2D eigenvalue weighted by Gasteiger charge is 2.28. The Hall–Kier alpha value is -2.70. The van der Waals surface area contributed by atoms with Gasteiger partial charge in [0.05, 0.1) is 0 Å². The van der Waals surface area contributed by atoms with Gasteiger partial charge in [0.1, 0.15) is 0 Å². The number of aromatic nitrogens is 2. The van der Waals surface area contributed by atoms with E-state index in [0.29, 0.717) is 37.6 Å². The highest BCUT2D eigenvalue weighted by atomic mass is 16.4. The van der Waals surface area contributed by atoms with Crippen LogP contribution >= 0.6 is 0 Å². The largest absolute Gasteiger partial charge is 0.417 e. The van der Waals surface area contributed by atoms with E-state index in [2.05, 4.69) is 31.0 Å². The number of nitrogens with zero attached hydrogens (tertiary/aromatic N) is 4. The van der Waals surface area contributed by atoms with Gasteiger partial charge in [0, 0.05) is 37.7 Å². The smallest absolute Gasteiger partial charge is 0.311 e. The number of hydrogen-bond acceptors (Lipinski definition) is 5. The molecular weight excluding hydrogens is 356 g/mol. The lowest BCUT2D eigenvalue weighted by Crippen LogP contribution is -2.50. The van der Waals surface area contributed by atoms with E-state index in [-0.39, 0.29) is 29.0 Å². The van der Waals surface area contributed by atoms with Crippen molar-refractivity contribution in [2.75, 3.05) is 26.2 Å². The third kappa shape index (κ3) is 4.24. The Morgan fingerprint density at radius 3 is 1.93 bits per heavy atom. The molecule has 0 spiro atoms. The molecule has 0 unspecified atom stereocenters. The molecule has 1 saturated heterocycles. The van der Waals surface area contributed by atoms with Crippen molar-refractivity contribution >= 4 is 11.8 Å². The standard InChI is InChI=1S/C21H28N4O3/c1-14(2)17-22-23-18(28-17)20(27)25-12-10-24(11-13-25)19(26)15-6-8-16(9-7-15)21(3,4)5/h6-9,14H,10-13H2,1-5H3. The second-order valence-corrected chi connectivity index (χ2v) is 8.51.